The molecule has 2 aromatic rings. The van der Waals surface area contributed by atoms with Gasteiger partial charge in [0.25, 0.3) is 5.69 Å². The molecule has 0 atom stereocenters. The average molecular weight is 286 g/mol. The molecular formula is C16H18N2O3. The Labute approximate surface area is 123 Å². The third-order valence-electron chi connectivity index (χ3n) is 3.38. The molecule has 0 aromatic heterocycles. The Hall–Kier alpha value is -2.56. The molecule has 0 aliphatic carbocycles. The van der Waals surface area contributed by atoms with Crippen LogP contribution in [0.3, 0.4) is 0 Å². The van der Waals surface area contributed by atoms with E-state index in [9.17, 15) is 10.1 Å². The fourth-order valence-corrected chi connectivity index (χ4v) is 2.13. The van der Waals surface area contributed by atoms with Crippen LogP contribution in [0.5, 0.6) is 11.5 Å². The van der Waals surface area contributed by atoms with E-state index in [0.717, 1.165) is 22.4 Å². The van der Waals surface area contributed by atoms with E-state index < -0.39 is 4.92 Å². The smallest absolute Gasteiger partial charge is 0.275 e. The van der Waals surface area contributed by atoms with Gasteiger partial charge in [0.15, 0.2) is 0 Å². The van der Waals surface area contributed by atoms with Gasteiger partial charge in [-0.3, -0.25) is 10.1 Å². The maximum Gasteiger partial charge on any atom is 0.275 e. The summed E-state index contributed by atoms with van der Waals surface area (Å²) in [5.74, 6) is 1.16. The summed E-state index contributed by atoms with van der Waals surface area (Å²) < 4.78 is 5.86. The van der Waals surface area contributed by atoms with Crippen LogP contribution in [-0.4, -0.2) is 12.0 Å². The van der Waals surface area contributed by atoms with Gasteiger partial charge < -0.3 is 10.1 Å². The number of nitro benzene ring substituents is 1. The topological polar surface area (TPSA) is 64.4 Å². The third kappa shape index (κ3) is 3.31. The Morgan fingerprint density at radius 2 is 1.81 bits per heavy atom. The maximum atomic E-state index is 11.0. The van der Waals surface area contributed by atoms with E-state index in [0.29, 0.717) is 11.4 Å². The van der Waals surface area contributed by atoms with Crippen LogP contribution in [0.25, 0.3) is 0 Å². The number of hydrogen-bond donors (Lipinski definition) is 1. The molecule has 0 bridgehead atoms. The Balaban J connectivity index is 2.44. The first-order chi connectivity index (χ1) is 9.90. The zero-order valence-corrected chi connectivity index (χ0v) is 12.6. The second-order valence-corrected chi connectivity index (χ2v) is 5.03. The summed E-state index contributed by atoms with van der Waals surface area (Å²) in [5.41, 5.74) is 3.88. The Morgan fingerprint density at radius 1 is 1.10 bits per heavy atom. The molecule has 0 radical (unpaired) electrons. The average Bonchev–Trinajstić information content (AvgIpc) is 2.43. The van der Waals surface area contributed by atoms with Crippen LogP contribution in [0.1, 0.15) is 16.7 Å². The molecular weight excluding hydrogens is 268 g/mol. The molecule has 110 valence electrons. The highest BCUT2D eigenvalue weighted by Gasteiger charge is 2.12. The minimum absolute atomic E-state index is 0.00104. The van der Waals surface area contributed by atoms with Gasteiger partial charge in [0.05, 0.1) is 11.0 Å². The van der Waals surface area contributed by atoms with Gasteiger partial charge in [0.1, 0.15) is 11.5 Å². The summed E-state index contributed by atoms with van der Waals surface area (Å²) in [7, 11) is 1.71. The Kier molecular flexibility index (Phi) is 4.12. The van der Waals surface area contributed by atoms with Crippen molar-refractivity contribution in [2.45, 2.75) is 20.8 Å². The number of nitrogens with zero attached hydrogens (tertiary/aromatic N) is 1. The lowest BCUT2D eigenvalue weighted by molar-refractivity contribution is -0.384. The van der Waals surface area contributed by atoms with Crippen molar-refractivity contribution in [3.05, 3.63) is 57.1 Å². The summed E-state index contributed by atoms with van der Waals surface area (Å²) in [5, 5.41) is 13.9. The van der Waals surface area contributed by atoms with Gasteiger partial charge in [0, 0.05) is 24.9 Å². The number of non-ortho nitro benzene ring substituents is 1. The number of nitrogens with one attached hydrogen (secondary N) is 1. The standard InChI is InChI=1S/C16H18N2O3/c1-10-5-11(2)12(3)16(6-10)21-15-8-13(17-4)7-14(9-15)18(19)20/h5-9,17H,1-4H3. The highest BCUT2D eigenvalue weighted by Crippen LogP contribution is 2.32. The van der Waals surface area contributed by atoms with E-state index in [1.807, 2.05) is 26.8 Å². The lowest BCUT2D eigenvalue weighted by atomic mass is 10.1. The van der Waals surface area contributed by atoms with Gasteiger partial charge >= 0.3 is 0 Å². The highest BCUT2D eigenvalue weighted by atomic mass is 16.6. The Morgan fingerprint density at radius 3 is 2.43 bits per heavy atom. The number of ether oxygens (including phenoxy) is 1. The zero-order valence-electron chi connectivity index (χ0n) is 12.6. The van der Waals surface area contributed by atoms with Crippen molar-refractivity contribution in [2.24, 2.45) is 0 Å². The van der Waals surface area contributed by atoms with E-state index in [-0.39, 0.29) is 5.69 Å². The van der Waals surface area contributed by atoms with Crippen LogP contribution in [0, 0.1) is 30.9 Å². The molecule has 0 heterocycles. The molecule has 0 aliphatic rings. The minimum Gasteiger partial charge on any atom is -0.457 e. The van der Waals surface area contributed by atoms with Crippen molar-refractivity contribution >= 4 is 11.4 Å². The van der Waals surface area contributed by atoms with Gasteiger partial charge in [-0.1, -0.05) is 6.07 Å². The molecule has 5 heteroatoms. The van der Waals surface area contributed by atoms with Crippen LogP contribution in [-0.2, 0) is 0 Å². The first kappa shape index (κ1) is 14.8. The monoisotopic (exact) mass is 286 g/mol. The largest absolute Gasteiger partial charge is 0.457 e. The number of hydrogen-bond acceptors (Lipinski definition) is 4. The molecule has 0 spiro atoms. The van der Waals surface area contributed by atoms with E-state index in [2.05, 4.69) is 11.4 Å². The number of nitro groups is 1. The molecule has 0 saturated carbocycles. The fourth-order valence-electron chi connectivity index (χ4n) is 2.13. The van der Waals surface area contributed by atoms with Gasteiger partial charge in [-0.05, 0) is 43.5 Å². The second-order valence-electron chi connectivity index (χ2n) is 5.03. The van der Waals surface area contributed by atoms with Crippen LogP contribution in [0.15, 0.2) is 30.3 Å². The van der Waals surface area contributed by atoms with Crippen molar-refractivity contribution in [3.8, 4) is 11.5 Å². The minimum atomic E-state index is -0.429. The number of benzene rings is 2. The normalized spacial score (nSPS) is 10.3. The van der Waals surface area contributed by atoms with E-state index >= 15 is 0 Å². The molecule has 2 aromatic carbocycles. The molecule has 0 fully saturated rings. The van der Waals surface area contributed by atoms with Crippen LogP contribution < -0.4 is 10.1 Å². The molecule has 2 rings (SSSR count). The predicted octanol–water partition coefficient (Wildman–Crippen LogP) is 4.35. The molecule has 0 aliphatic heterocycles. The first-order valence-corrected chi connectivity index (χ1v) is 6.63. The Bertz CT molecular complexity index is 696. The zero-order chi connectivity index (χ0) is 15.6. The lowest BCUT2D eigenvalue weighted by Gasteiger charge is -2.13. The van der Waals surface area contributed by atoms with Crippen LogP contribution in [0.2, 0.25) is 0 Å². The highest BCUT2D eigenvalue weighted by molar-refractivity contribution is 5.57. The molecule has 21 heavy (non-hydrogen) atoms. The second kappa shape index (κ2) is 5.83. The predicted molar refractivity (Wildman–Crippen MR) is 83.4 cm³/mol. The molecule has 1 N–H and O–H groups in total. The van der Waals surface area contributed by atoms with Crippen LogP contribution in [0.4, 0.5) is 11.4 Å². The van der Waals surface area contributed by atoms with Crippen molar-refractivity contribution in [1.29, 1.82) is 0 Å². The summed E-state index contributed by atoms with van der Waals surface area (Å²) in [4.78, 5) is 10.5. The summed E-state index contributed by atoms with van der Waals surface area (Å²) in [6.07, 6.45) is 0. The molecule has 0 amide bonds. The van der Waals surface area contributed by atoms with Gasteiger partial charge in [-0.2, -0.15) is 0 Å². The maximum absolute atomic E-state index is 11.0. The number of aryl methyl sites for hydroxylation is 2. The van der Waals surface area contributed by atoms with Crippen molar-refractivity contribution < 1.29 is 9.66 Å². The molecule has 0 unspecified atom stereocenters. The quantitative estimate of drug-likeness (QED) is 0.670. The third-order valence-corrected chi connectivity index (χ3v) is 3.38. The number of rotatable bonds is 4. The fraction of sp³-hybridized carbons (Fsp3) is 0.250. The van der Waals surface area contributed by atoms with Gasteiger partial charge in [-0.15, -0.1) is 0 Å². The first-order valence-electron chi connectivity index (χ1n) is 6.63. The molecule has 5 nitrogen and oxygen atoms in total. The summed E-state index contributed by atoms with van der Waals surface area (Å²) in [6.45, 7) is 5.98. The van der Waals surface area contributed by atoms with Crippen molar-refractivity contribution in [1.82, 2.24) is 0 Å². The van der Waals surface area contributed by atoms with Crippen molar-refractivity contribution in [2.75, 3.05) is 12.4 Å². The SMILES string of the molecule is CNc1cc(Oc2cc(C)cc(C)c2C)cc([N+](=O)[O-])c1. The lowest BCUT2D eigenvalue weighted by Crippen LogP contribution is -1.96. The van der Waals surface area contributed by atoms with E-state index in [1.165, 1.54) is 12.1 Å². The van der Waals surface area contributed by atoms with Crippen LogP contribution >= 0.6 is 0 Å². The van der Waals surface area contributed by atoms with Crippen molar-refractivity contribution in [3.63, 3.8) is 0 Å². The molecule has 0 saturated heterocycles. The summed E-state index contributed by atoms with van der Waals surface area (Å²) in [6, 6.07) is 8.65. The van der Waals surface area contributed by atoms with E-state index in [1.54, 1.807) is 13.1 Å². The van der Waals surface area contributed by atoms with E-state index in [4.69, 9.17) is 4.74 Å². The number of anilines is 1. The summed E-state index contributed by atoms with van der Waals surface area (Å²) >= 11 is 0. The van der Waals surface area contributed by atoms with Gasteiger partial charge in [0.2, 0.25) is 0 Å². The van der Waals surface area contributed by atoms with Gasteiger partial charge in [-0.25, -0.2) is 0 Å².